The van der Waals surface area contributed by atoms with Gasteiger partial charge in [-0.1, -0.05) is 11.8 Å². The van der Waals surface area contributed by atoms with Crippen LogP contribution >= 0.6 is 34.4 Å². The number of hydrogen-bond acceptors (Lipinski definition) is 4. The summed E-state index contributed by atoms with van der Waals surface area (Å²) in [6.07, 6.45) is 0. The normalized spacial score (nSPS) is 12.5. The van der Waals surface area contributed by atoms with Crippen molar-refractivity contribution in [2.45, 2.75) is 18.1 Å². The summed E-state index contributed by atoms with van der Waals surface area (Å²) in [6.45, 7) is 1.56. The lowest BCUT2D eigenvalue weighted by Crippen LogP contribution is -2.24. The fourth-order valence-corrected chi connectivity index (χ4v) is 3.06. The minimum Gasteiger partial charge on any atom is -0.481 e. The Balaban J connectivity index is 2.62. The van der Waals surface area contributed by atoms with Crippen LogP contribution in [0, 0.1) is 9.39 Å². The topological polar surface area (TPSA) is 98.2 Å². The smallest absolute Gasteiger partial charge is 0.313 e. The Hall–Kier alpha value is -1.36. The van der Waals surface area contributed by atoms with Crippen molar-refractivity contribution in [3.05, 3.63) is 21.5 Å². The van der Waals surface area contributed by atoms with Crippen molar-refractivity contribution < 1.29 is 19.1 Å². The van der Waals surface area contributed by atoms with E-state index in [0.717, 1.165) is 11.8 Å². The number of halogens is 2. The zero-order chi connectivity index (χ0) is 15.7. The summed E-state index contributed by atoms with van der Waals surface area (Å²) >= 11 is 2.80. The Morgan fingerprint density at radius 2 is 2.24 bits per heavy atom. The highest BCUT2D eigenvalue weighted by atomic mass is 127. The molecule has 0 radical (unpaired) electrons. The van der Waals surface area contributed by atoms with Crippen molar-refractivity contribution in [1.29, 1.82) is 0 Å². The summed E-state index contributed by atoms with van der Waals surface area (Å²) in [4.78, 5) is 26.4. The number of benzene rings is 1. The summed E-state index contributed by atoms with van der Waals surface area (Å²) < 4.78 is 15.6. The average Bonchev–Trinajstić information content (AvgIpc) is 2.73. The molecule has 112 valence electrons. The highest BCUT2D eigenvalue weighted by molar-refractivity contribution is 14.1. The third-order valence-corrected chi connectivity index (χ3v) is 4.59. The summed E-state index contributed by atoms with van der Waals surface area (Å²) in [6, 6.07) is 2.06. The molecule has 0 spiro atoms. The molecule has 0 saturated heterocycles. The van der Waals surface area contributed by atoms with Gasteiger partial charge in [0.15, 0.2) is 5.16 Å². The van der Waals surface area contributed by atoms with Gasteiger partial charge in [0.05, 0.1) is 20.4 Å². The molecule has 1 heterocycles. The van der Waals surface area contributed by atoms with E-state index in [9.17, 15) is 14.0 Å². The first-order valence-electron chi connectivity index (χ1n) is 5.82. The number of nitrogens with zero attached hydrogens (tertiary/aromatic N) is 2. The van der Waals surface area contributed by atoms with Crippen molar-refractivity contribution >= 4 is 57.3 Å². The van der Waals surface area contributed by atoms with Crippen LogP contribution in [0.2, 0.25) is 0 Å². The molecule has 0 bridgehead atoms. The van der Waals surface area contributed by atoms with Gasteiger partial charge >= 0.3 is 5.97 Å². The van der Waals surface area contributed by atoms with E-state index in [1.165, 1.54) is 10.6 Å². The molecule has 3 N–H and O–H groups in total. The van der Waals surface area contributed by atoms with Gasteiger partial charge in [-0.15, -0.1) is 0 Å². The van der Waals surface area contributed by atoms with Crippen LogP contribution < -0.4 is 5.73 Å². The number of imidazole rings is 1. The molecule has 9 heteroatoms. The zero-order valence-electron chi connectivity index (χ0n) is 10.8. The number of nitrogens with two attached hydrogens (primary N) is 1. The van der Waals surface area contributed by atoms with Gasteiger partial charge in [0.2, 0.25) is 5.91 Å². The largest absolute Gasteiger partial charge is 0.481 e. The lowest BCUT2D eigenvalue weighted by atomic mass is 10.2. The van der Waals surface area contributed by atoms with Crippen LogP contribution in [-0.2, 0) is 9.59 Å². The van der Waals surface area contributed by atoms with Crippen molar-refractivity contribution in [3.8, 4) is 0 Å². The molecule has 21 heavy (non-hydrogen) atoms. The molecular weight excluding hydrogens is 412 g/mol. The second kappa shape index (κ2) is 6.18. The van der Waals surface area contributed by atoms with Crippen LogP contribution in [0.5, 0.6) is 0 Å². The summed E-state index contributed by atoms with van der Waals surface area (Å²) in [5.74, 6) is -2.26. The fraction of sp³-hybridized carbons (Fsp3) is 0.250. The quantitative estimate of drug-likeness (QED) is 0.567. The number of aromatic nitrogens is 2. The number of hydrogen-bond donors (Lipinski definition) is 2. The van der Waals surface area contributed by atoms with E-state index in [0.29, 0.717) is 19.8 Å². The van der Waals surface area contributed by atoms with E-state index in [-0.39, 0.29) is 5.75 Å². The molecule has 0 aliphatic carbocycles. The fourth-order valence-electron chi connectivity index (χ4n) is 1.80. The number of thioether (sulfide) groups is 1. The number of carboxylic acid groups (broad SMARTS) is 1. The van der Waals surface area contributed by atoms with Crippen LogP contribution in [0.15, 0.2) is 17.3 Å². The SMILES string of the molecule is CC(C(N)=O)n1c(SCC(=O)O)nc2cc(I)c(F)cc21. The Morgan fingerprint density at radius 3 is 2.81 bits per heavy atom. The monoisotopic (exact) mass is 423 g/mol. The Kier molecular flexibility index (Phi) is 4.71. The molecule has 0 fully saturated rings. The maximum atomic E-state index is 13.8. The van der Waals surface area contributed by atoms with E-state index < -0.39 is 23.7 Å². The molecule has 0 saturated carbocycles. The first-order valence-corrected chi connectivity index (χ1v) is 7.88. The molecule has 1 amide bonds. The molecule has 6 nitrogen and oxygen atoms in total. The van der Waals surface area contributed by atoms with Crippen LogP contribution in [0.4, 0.5) is 4.39 Å². The third-order valence-electron chi connectivity index (χ3n) is 2.82. The number of amides is 1. The molecular formula is C12H11FIN3O3S. The summed E-state index contributed by atoms with van der Waals surface area (Å²) in [7, 11) is 0. The minimum atomic E-state index is -1.01. The van der Waals surface area contributed by atoms with Crippen LogP contribution in [0.1, 0.15) is 13.0 Å². The minimum absolute atomic E-state index is 0.214. The van der Waals surface area contributed by atoms with Gasteiger partial charge in [0, 0.05) is 6.07 Å². The second-order valence-electron chi connectivity index (χ2n) is 4.28. The zero-order valence-corrected chi connectivity index (χ0v) is 13.8. The molecule has 2 aromatic rings. The average molecular weight is 423 g/mol. The Labute approximate surface area is 137 Å². The van der Waals surface area contributed by atoms with Gasteiger partial charge < -0.3 is 15.4 Å². The van der Waals surface area contributed by atoms with E-state index in [1.807, 2.05) is 22.6 Å². The lowest BCUT2D eigenvalue weighted by molar-refractivity contribution is -0.133. The number of primary amides is 1. The van der Waals surface area contributed by atoms with E-state index in [4.69, 9.17) is 10.8 Å². The first kappa shape index (κ1) is 16.0. The van der Waals surface area contributed by atoms with Crippen LogP contribution in [0.3, 0.4) is 0 Å². The maximum Gasteiger partial charge on any atom is 0.313 e. The number of carboxylic acids is 1. The maximum absolute atomic E-state index is 13.8. The molecule has 2 rings (SSSR count). The highest BCUT2D eigenvalue weighted by Crippen LogP contribution is 2.29. The van der Waals surface area contributed by atoms with Gasteiger partial charge in [-0.2, -0.15) is 0 Å². The summed E-state index contributed by atoms with van der Waals surface area (Å²) in [5, 5.41) is 9.09. The standard InChI is InChI=1S/C12H11FIN3O3S/c1-5(11(15)20)17-9-2-6(13)7(14)3-8(9)16-12(17)21-4-10(18)19/h2-3,5H,4H2,1H3,(H2,15,20)(H,18,19). The first-order chi connectivity index (χ1) is 9.81. The number of aliphatic carboxylic acids is 1. The van der Waals surface area contributed by atoms with Crippen molar-refractivity contribution in [3.63, 3.8) is 0 Å². The number of rotatable bonds is 5. The molecule has 0 aliphatic heterocycles. The number of carbonyl (C=O) groups excluding carboxylic acids is 1. The molecule has 1 aromatic heterocycles. The van der Waals surface area contributed by atoms with E-state index >= 15 is 0 Å². The summed E-state index contributed by atoms with van der Waals surface area (Å²) in [5.41, 5.74) is 6.20. The lowest BCUT2D eigenvalue weighted by Gasteiger charge is -2.13. The van der Waals surface area contributed by atoms with Gasteiger partial charge in [0.25, 0.3) is 0 Å². The van der Waals surface area contributed by atoms with Gasteiger partial charge in [-0.05, 0) is 35.6 Å². The molecule has 0 aliphatic rings. The van der Waals surface area contributed by atoms with Gasteiger partial charge in [-0.25, -0.2) is 9.37 Å². The Bertz CT molecular complexity index is 734. The van der Waals surface area contributed by atoms with Gasteiger partial charge in [-0.3, -0.25) is 9.59 Å². The molecule has 1 atom stereocenters. The number of carbonyl (C=O) groups is 2. The van der Waals surface area contributed by atoms with E-state index in [1.54, 1.807) is 13.0 Å². The van der Waals surface area contributed by atoms with Crippen molar-refractivity contribution in [2.75, 3.05) is 5.75 Å². The van der Waals surface area contributed by atoms with Crippen molar-refractivity contribution in [1.82, 2.24) is 9.55 Å². The van der Waals surface area contributed by atoms with Crippen LogP contribution in [0.25, 0.3) is 11.0 Å². The second-order valence-corrected chi connectivity index (χ2v) is 6.38. The highest BCUT2D eigenvalue weighted by Gasteiger charge is 2.21. The molecule has 1 aromatic carbocycles. The predicted molar refractivity (Wildman–Crippen MR) is 84.7 cm³/mol. The third kappa shape index (κ3) is 3.28. The van der Waals surface area contributed by atoms with E-state index in [2.05, 4.69) is 4.98 Å². The van der Waals surface area contributed by atoms with Gasteiger partial charge in [0.1, 0.15) is 11.9 Å². The Morgan fingerprint density at radius 1 is 1.57 bits per heavy atom. The van der Waals surface area contributed by atoms with Crippen LogP contribution in [-0.4, -0.2) is 32.3 Å². The van der Waals surface area contributed by atoms with Crippen molar-refractivity contribution in [2.24, 2.45) is 5.73 Å². The predicted octanol–water partition coefficient (Wildman–Crippen LogP) is 2.00. The molecule has 1 unspecified atom stereocenters. The number of fused-ring (bicyclic) bond motifs is 1.